The normalized spacial score (nSPS) is 10.2. The second-order valence-electron chi connectivity index (χ2n) is 4.02. The Morgan fingerprint density at radius 2 is 1.59 bits per heavy atom. The Morgan fingerprint density at radius 1 is 0.824 bits per heavy atom. The predicted octanol–water partition coefficient (Wildman–Crippen LogP) is 4.60. The molecule has 0 amide bonds. The van der Waals surface area contributed by atoms with E-state index in [9.17, 15) is 0 Å². The number of benzene rings is 2. The van der Waals surface area contributed by atoms with Crippen molar-refractivity contribution in [1.82, 2.24) is 0 Å². The monoisotopic (exact) mass is 226 g/mol. The number of para-hydroxylation sites is 1. The van der Waals surface area contributed by atoms with Gasteiger partial charge in [-0.15, -0.1) is 0 Å². The number of aryl methyl sites for hydroxylation is 1. The van der Waals surface area contributed by atoms with Crippen LogP contribution in [0.15, 0.2) is 48.5 Å². The molecule has 0 atom stereocenters. The minimum Gasteiger partial charge on any atom is -0.457 e. The van der Waals surface area contributed by atoms with Crippen LogP contribution in [0.4, 0.5) is 0 Å². The Kier molecular flexibility index (Phi) is 3.81. The van der Waals surface area contributed by atoms with Crippen LogP contribution in [0.5, 0.6) is 11.5 Å². The van der Waals surface area contributed by atoms with E-state index in [1.54, 1.807) is 0 Å². The molecule has 1 nitrogen and oxygen atoms in total. The average molecular weight is 226 g/mol. The summed E-state index contributed by atoms with van der Waals surface area (Å²) >= 11 is 0. The fraction of sp³-hybridized carbons (Fsp3) is 0.250. The topological polar surface area (TPSA) is 9.23 Å². The summed E-state index contributed by atoms with van der Waals surface area (Å²) in [5.74, 6) is 1.88. The largest absolute Gasteiger partial charge is 0.457 e. The highest BCUT2D eigenvalue weighted by atomic mass is 16.5. The van der Waals surface area contributed by atoms with Crippen molar-refractivity contribution in [2.75, 3.05) is 0 Å². The third-order valence-corrected chi connectivity index (χ3v) is 2.94. The van der Waals surface area contributed by atoms with Crippen LogP contribution in [0, 0.1) is 0 Å². The standard InChI is InChI=1S/C16H18O/c1-3-13-9-8-12-16(15(13)4-2)17-14-10-6-5-7-11-14/h5-12H,3-4H2,1-2H3. The molecule has 2 aromatic carbocycles. The minimum atomic E-state index is 0.899. The van der Waals surface area contributed by atoms with Gasteiger partial charge in [0.2, 0.25) is 0 Å². The maximum absolute atomic E-state index is 5.94. The lowest BCUT2D eigenvalue weighted by atomic mass is 10.0. The summed E-state index contributed by atoms with van der Waals surface area (Å²) in [4.78, 5) is 0. The molecule has 0 aliphatic rings. The molecule has 0 unspecified atom stereocenters. The molecule has 0 saturated carbocycles. The van der Waals surface area contributed by atoms with Crippen molar-refractivity contribution in [2.45, 2.75) is 26.7 Å². The van der Waals surface area contributed by atoms with E-state index in [0.717, 1.165) is 24.3 Å². The van der Waals surface area contributed by atoms with E-state index in [2.05, 4.69) is 26.0 Å². The third kappa shape index (κ3) is 2.68. The van der Waals surface area contributed by atoms with E-state index in [0.29, 0.717) is 0 Å². The van der Waals surface area contributed by atoms with E-state index < -0.39 is 0 Å². The minimum absolute atomic E-state index is 0.899. The van der Waals surface area contributed by atoms with Crippen molar-refractivity contribution < 1.29 is 4.74 Å². The van der Waals surface area contributed by atoms with Gasteiger partial charge < -0.3 is 4.74 Å². The number of hydrogen-bond acceptors (Lipinski definition) is 1. The average Bonchev–Trinajstić information content (AvgIpc) is 2.39. The van der Waals surface area contributed by atoms with Gasteiger partial charge in [0.1, 0.15) is 11.5 Å². The first kappa shape index (κ1) is 11.7. The number of rotatable bonds is 4. The van der Waals surface area contributed by atoms with Crippen molar-refractivity contribution in [2.24, 2.45) is 0 Å². The molecular weight excluding hydrogens is 208 g/mol. The maximum atomic E-state index is 5.94. The predicted molar refractivity (Wildman–Crippen MR) is 71.7 cm³/mol. The van der Waals surface area contributed by atoms with Gasteiger partial charge in [-0.3, -0.25) is 0 Å². The zero-order chi connectivity index (χ0) is 12.1. The molecule has 2 rings (SSSR count). The Balaban J connectivity index is 2.33. The van der Waals surface area contributed by atoms with E-state index in [1.165, 1.54) is 11.1 Å². The van der Waals surface area contributed by atoms with Gasteiger partial charge in [-0.1, -0.05) is 44.2 Å². The lowest BCUT2D eigenvalue weighted by molar-refractivity contribution is 0.476. The summed E-state index contributed by atoms with van der Waals surface area (Å²) in [7, 11) is 0. The highest BCUT2D eigenvalue weighted by molar-refractivity contribution is 5.43. The smallest absolute Gasteiger partial charge is 0.130 e. The van der Waals surface area contributed by atoms with Crippen molar-refractivity contribution in [3.63, 3.8) is 0 Å². The molecule has 0 heterocycles. The highest BCUT2D eigenvalue weighted by Gasteiger charge is 2.07. The first-order valence-corrected chi connectivity index (χ1v) is 6.18. The lowest BCUT2D eigenvalue weighted by Crippen LogP contribution is -1.95. The summed E-state index contributed by atoms with van der Waals surface area (Å²) in [6.45, 7) is 4.35. The Morgan fingerprint density at radius 3 is 2.24 bits per heavy atom. The molecule has 0 aliphatic heterocycles. The van der Waals surface area contributed by atoms with Crippen LogP contribution in [-0.4, -0.2) is 0 Å². The molecule has 2 aromatic rings. The van der Waals surface area contributed by atoms with Gasteiger partial charge in [-0.2, -0.15) is 0 Å². The van der Waals surface area contributed by atoms with E-state index in [1.807, 2.05) is 36.4 Å². The first-order chi connectivity index (χ1) is 8.35. The zero-order valence-electron chi connectivity index (χ0n) is 10.4. The first-order valence-electron chi connectivity index (χ1n) is 6.18. The Bertz CT molecular complexity index is 474. The quantitative estimate of drug-likeness (QED) is 0.740. The zero-order valence-corrected chi connectivity index (χ0v) is 10.4. The molecule has 17 heavy (non-hydrogen) atoms. The van der Waals surface area contributed by atoms with Crippen LogP contribution >= 0.6 is 0 Å². The van der Waals surface area contributed by atoms with Crippen molar-refractivity contribution in [3.05, 3.63) is 59.7 Å². The fourth-order valence-corrected chi connectivity index (χ4v) is 2.05. The third-order valence-electron chi connectivity index (χ3n) is 2.94. The van der Waals surface area contributed by atoms with Crippen molar-refractivity contribution >= 4 is 0 Å². The molecule has 1 heteroatoms. The highest BCUT2D eigenvalue weighted by Crippen LogP contribution is 2.28. The van der Waals surface area contributed by atoms with Crippen molar-refractivity contribution in [3.8, 4) is 11.5 Å². The molecule has 0 aliphatic carbocycles. The fourth-order valence-electron chi connectivity index (χ4n) is 2.05. The molecular formula is C16H18O. The van der Waals surface area contributed by atoms with E-state index >= 15 is 0 Å². The van der Waals surface area contributed by atoms with Crippen molar-refractivity contribution in [1.29, 1.82) is 0 Å². The molecule has 0 radical (unpaired) electrons. The van der Waals surface area contributed by atoms with Crippen LogP contribution in [0.1, 0.15) is 25.0 Å². The molecule has 0 saturated heterocycles. The van der Waals surface area contributed by atoms with Crippen LogP contribution < -0.4 is 4.74 Å². The van der Waals surface area contributed by atoms with Gasteiger partial charge >= 0.3 is 0 Å². The van der Waals surface area contributed by atoms with Gasteiger partial charge in [0.05, 0.1) is 0 Å². The summed E-state index contributed by atoms with van der Waals surface area (Å²) < 4.78 is 5.94. The molecule has 0 bridgehead atoms. The van der Waals surface area contributed by atoms with E-state index in [4.69, 9.17) is 4.74 Å². The van der Waals surface area contributed by atoms with Gasteiger partial charge in [-0.05, 0) is 42.2 Å². The Labute approximate surface area is 103 Å². The molecule has 0 spiro atoms. The molecule has 88 valence electrons. The lowest BCUT2D eigenvalue weighted by Gasteiger charge is -2.13. The maximum Gasteiger partial charge on any atom is 0.130 e. The van der Waals surface area contributed by atoms with Crippen LogP contribution in [-0.2, 0) is 12.8 Å². The second kappa shape index (κ2) is 5.53. The van der Waals surface area contributed by atoms with Gasteiger partial charge in [0.25, 0.3) is 0 Å². The summed E-state index contributed by atoms with van der Waals surface area (Å²) in [6, 6.07) is 16.2. The molecule has 0 N–H and O–H groups in total. The van der Waals surface area contributed by atoms with Crippen LogP contribution in [0.2, 0.25) is 0 Å². The van der Waals surface area contributed by atoms with Gasteiger partial charge in [0.15, 0.2) is 0 Å². The van der Waals surface area contributed by atoms with Crippen LogP contribution in [0.3, 0.4) is 0 Å². The summed E-state index contributed by atoms with van der Waals surface area (Å²) in [5.41, 5.74) is 2.69. The number of hydrogen-bond donors (Lipinski definition) is 0. The van der Waals surface area contributed by atoms with Gasteiger partial charge in [0, 0.05) is 0 Å². The molecule has 0 aromatic heterocycles. The summed E-state index contributed by atoms with van der Waals surface area (Å²) in [6.07, 6.45) is 2.06. The molecule has 0 fully saturated rings. The Hall–Kier alpha value is -1.76. The SMILES string of the molecule is CCc1cccc(Oc2ccccc2)c1CC. The second-order valence-corrected chi connectivity index (χ2v) is 4.02. The summed E-state index contributed by atoms with van der Waals surface area (Å²) in [5, 5.41) is 0. The van der Waals surface area contributed by atoms with Crippen LogP contribution in [0.25, 0.3) is 0 Å². The van der Waals surface area contributed by atoms with E-state index in [-0.39, 0.29) is 0 Å². The number of ether oxygens (including phenoxy) is 1. The van der Waals surface area contributed by atoms with Gasteiger partial charge in [-0.25, -0.2) is 0 Å².